The highest BCUT2D eigenvalue weighted by molar-refractivity contribution is 6.17. The predicted octanol–water partition coefficient (Wildman–Crippen LogP) is 2.94. The van der Waals surface area contributed by atoms with Crippen LogP contribution in [0.15, 0.2) is 30.3 Å². The molecule has 0 saturated carbocycles. The molecular weight excluding hydrogens is 226 g/mol. The summed E-state index contributed by atoms with van der Waals surface area (Å²) in [6.07, 6.45) is 0. The Kier molecular flexibility index (Phi) is 2.79. The largest absolute Gasteiger partial charge is 0.494 e. The molecule has 0 amide bonds. The third-order valence-electron chi connectivity index (χ3n) is 2.47. The van der Waals surface area contributed by atoms with Gasteiger partial charge in [0.1, 0.15) is 0 Å². The molecule has 0 radical (unpaired) electrons. The molecule has 1 heterocycles. The summed E-state index contributed by atoms with van der Waals surface area (Å²) in [5, 5.41) is 19.6. The topological polar surface area (TPSA) is 45.4 Å². The predicted molar refractivity (Wildman–Crippen MR) is 63.4 cm³/mol. The molecule has 0 atom stereocenters. The summed E-state index contributed by atoms with van der Waals surface area (Å²) in [4.78, 5) is 0. The minimum Gasteiger partial charge on any atom is -0.494 e. The van der Waals surface area contributed by atoms with E-state index in [9.17, 15) is 10.2 Å². The van der Waals surface area contributed by atoms with Gasteiger partial charge < -0.3 is 10.2 Å². The number of aromatic nitrogens is 1. The van der Waals surface area contributed by atoms with E-state index in [1.54, 1.807) is 0 Å². The Morgan fingerprint density at radius 1 is 1.19 bits per heavy atom. The number of aryl methyl sites for hydroxylation is 1. The molecular formula is C12H12ClNO2. The Hall–Kier alpha value is -1.61. The zero-order valence-corrected chi connectivity index (χ0v) is 9.57. The molecule has 4 heteroatoms. The molecule has 0 saturated heterocycles. The molecule has 16 heavy (non-hydrogen) atoms. The van der Waals surface area contributed by atoms with Crippen LogP contribution < -0.4 is 0 Å². The van der Waals surface area contributed by atoms with Gasteiger partial charge in [0.25, 0.3) is 0 Å². The minimum absolute atomic E-state index is 0.0167. The fourth-order valence-corrected chi connectivity index (χ4v) is 1.78. The molecule has 0 aliphatic carbocycles. The molecule has 0 unspecified atom stereocenters. The van der Waals surface area contributed by atoms with Crippen molar-refractivity contribution in [2.75, 3.05) is 0 Å². The first kappa shape index (κ1) is 10.9. The van der Waals surface area contributed by atoms with Gasteiger partial charge in [-0.3, -0.25) is 4.57 Å². The van der Waals surface area contributed by atoms with Gasteiger partial charge in [-0.05, 0) is 19.1 Å². The second-order valence-corrected chi connectivity index (χ2v) is 3.92. The molecule has 2 rings (SSSR count). The maximum atomic E-state index is 9.85. The molecule has 0 aliphatic rings. The van der Waals surface area contributed by atoms with Crippen molar-refractivity contribution < 1.29 is 10.2 Å². The zero-order chi connectivity index (χ0) is 11.7. The van der Waals surface area contributed by atoms with Crippen LogP contribution in [0.1, 0.15) is 11.1 Å². The van der Waals surface area contributed by atoms with E-state index in [1.165, 1.54) is 10.6 Å². The first-order chi connectivity index (χ1) is 7.63. The van der Waals surface area contributed by atoms with Crippen LogP contribution in [0, 0.1) is 6.92 Å². The lowest BCUT2D eigenvalue weighted by atomic mass is 10.2. The average molecular weight is 238 g/mol. The Labute approximate surface area is 98.5 Å². The first-order valence-electron chi connectivity index (χ1n) is 4.89. The maximum Gasteiger partial charge on any atom is 0.203 e. The third-order valence-corrected chi connectivity index (χ3v) is 2.76. The monoisotopic (exact) mass is 237 g/mol. The van der Waals surface area contributed by atoms with Gasteiger partial charge in [-0.2, -0.15) is 0 Å². The van der Waals surface area contributed by atoms with E-state index in [0.717, 1.165) is 5.56 Å². The number of aromatic hydroxyl groups is 2. The molecule has 2 aromatic rings. The number of hydrogen-bond acceptors (Lipinski definition) is 2. The highest BCUT2D eigenvalue weighted by Crippen LogP contribution is 2.32. The fourth-order valence-electron chi connectivity index (χ4n) is 1.58. The Morgan fingerprint density at radius 3 is 2.31 bits per heavy atom. The standard InChI is InChI=1S/C12H12ClNO2/c1-8-2-4-10(5-3-8)14-11(15)6-9(7-13)12(14)16/h2-6,15-16H,7H2,1H3. The van der Waals surface area contributed by atoms with Crippen LogP contribution in [0.4, 0.5) is 0 Å². The van der Waals surface area contributed by atoms with E-state index in [-0.39, 0.29) is 17.6 Å². The lowest BCUT2D eigenvalue weighted by molar-refractivity contribution is 0.401. The Morgan fingerprint density at radius 2 is 1.81 bits per heavy atom. The zero-order valence-electron chi connectivity index (χ0n) is 8.81. The molecule has 2 N–H and O–H groups in total. The summed E-state index contributed by atoms with van der Waals surface area (Å²) >= 11 is 5.65. The summed E-state index contributed by atoms with van der Waals surface area (Å²) < 4.78 is 1.36. The van der Waals surface area contributed by atoms with Crippen molar-refractivity contribution in [2.45, 2.75) is 12.8 Å². The van der Waals surface area contributed by atoms with Crippen LogP contribution >= 0.6 is 11.6 Å². The fraction of sp³-hybridized carbons (Fsp3) is 0.167. The Balaban J connectivity index is 2.55. The maximum absolute atomic E-state index is 9.85. The van der Waals surface area contributed by atoms with E-state index in [2.05, 4.69) is 0 Å². The normalized spacial score (nSPS) is 10.6. The molecule has 0 fully saturated rings. The number of benzene rings is 1. The van der Waals surface area contributed by atoms with E-state index < -0.39 is 0 Å². The number of halogens is 1. The SMILES string of the molecule is Cc1ccc(-n2c(O)cc(CCl)c2O)cc1. The first-order valence-corrected chi connectivity index (χ1v) is 5.42. The van der Waals surface area contributed by atoms with Crippen LogP contribution in [-0.4, -0.2) is 14.8 Å². The van der Waals surface area contributed by atoms with Gasteiger partial charge in [-0.15, -0.1) is 11.6 Å². The summed E-state index contributed by atoms with van der Waals surface area (Å²) in [6, 6.07) is 8.94. The van der Waals surface area contributed by atoms with Crippen LogP contribution in [0.2, 0.25) is 0 Å². The molecule has 84 valence electrons. The van der Waals surface area contributed by atoms with Crippen molar-refractivity contribution >= 4 is 11.6 Å². The van der Waals surface area contributed by atoms with Gasteiger partial charge in [0, 0.05) is 11.6 Å². The quantitative estimate of drug-likeness (QED) is 0.789. The van der Waals surface area contributed by atoms with Gasteiger partial charge in [0.15, 0.2) is 5.88 Å². The second-order valence-electron chi connectivity index (χ2n) is 3.66. The van der Waals surface area contributed by atoms with Crippen LogP contribution in [-0.2, 0) is 5.88 Å². The lowest BCUT2D eigenvalue weighted by Gasteiger charge is -2.07. The Bertz CT molecular complexity index is 502. The van der Waals surface area contributed by atoms with E-state index >= 15 is 0 Å². The smallest absolute Gasteiger partial charge is 0.203 e. The number of nitrogens with zero attached hydrogens (tertiary/aromatic N) is 1. The van der Waals surface area contributed by atoms with Crippen LogP contribution in [0.25, 0.3) is 5.69 Å². The number of hydrogen-bond donors (Lipinski definition) is 2. The molecule has 3 nitrogen and oxygen atoms in total. The summed E-state index contributed by atoms with van der Waals surface area (Å²) in [6.45, 7) is 1.98. The molecule has 0 bridgehead atoms. The van der Waals surface area contributed by atoms with E-state index in [1.807, 2.05) is 31.2 Å². The van der Waals surface area contributed by atoms with Crippen LogP contribution in [0.5, 0.6) is 11.8 Å². The van der Waals surface area contributed by atoms with E-state index in [0.29, 0.717) is 11.3 Å². The average Bonchev–Trinajstić information content (AvgIpc) is 2.56. The molecule has 1 aromatic carbocycles. The van der Waals surface area contributed by atoms with Crippen LogP contribution in [0.3, 0.4) is 0 Å². The van der Waals surface area contributed by atoms with Gasteiger partial charge in [0.05, 0.1) is 11.6 Å². The highest BCUT2D eigenvalue weighted by atomic mass is 35.5. The molecule has 0 aliphatic heterocycles. The van der Waals surface area contributed by atoms with E-state index in [4.69, 9.17) is 11.6 Å². The van der Waals surface area contributed by atoms with Crippen molar-refractivity contribution in [1.29, 1.82) is 0 Å². The van der Waals surface area contributed by atoms with Gasteiger partial charge in [0.2, 0.25) is 5.88 Å². The van der Waals surface area contributed by atoms with Gasteiger partial charge in [-0.25, -0.2) is 0 Å². The number of rotatable bonds is 2. The summed E-state index contributed by atoms with van der Waals surface area (Å²) in [5.74, 6) is 0.131. The summed E-state index contributed by atoms with van der Waals surface area (Å²) in [5.41, 5.74) is 2.34. The third kappa shape index (κ3) is 1.74. The highest BCUT2D eigenvalue weighted by Gasteiger charge is 2.14. The van der Waals surface area contributed by atoms with Crippen molar-refractivity contribution in [3.05, 3.63) is 41.5 Å². The second kappa shape index (κ2) is 4.10. The lowest BCUT2D eigenvalue weighted by Crippen LogP contribution is -1.92. The molecule has 0 spiro atoms. The molecule has 1 aromatic heterocycles. The van der Waals surface area contributed by atoms with Gasteiger partial charge >= 0.3 is 0 Å². The van der Waals surface area contributed by atoms with Crippen molar-refractivity contribution in [1.82, 2.24) is 4.57 Å². The number of alkyl halides is 1. The van der Waals surface area contributed by atoms with Crippen molar-refractivity contribution in [3.8, 4) is 17.4 Å². The van der Waals surface area contributed by atoms with Gasteiger partial charge in [-0.1, -0.05) is 17.7 Å². The van der Waals surface area contributed by atoms with Crippen molar-refractivity contribution in [3.63, 3.8) is 0 Å². The summed E-state index contributed by atoms with van der Waals surface area (Å²) in [7, 11) is 0. The van der Waals surface area contributed by atoms with Crippen molar-refractivity contribution in [2.24, 2.45) is 0 Å². The minimum atomic E-state index is -0.0173.